The molecule has 0 spiro atoms. The zero-order valence-corrected chi connectivity index (χ0v) is 8.68. The van der Waals surface area contributed by atoms with E-state index in [2.05, 4.69) is 42.6 Å². The lowest BCUT2D eigenvalue weighted by Gasteiger charge is -2.11. The number of nitrogens with one attached hydrogen (secondary N) is 1. The highest BCUT2D eigenvalue weighted by atomic mass is 32.2. The summed E-state index contributed by atoms with van der Waals surface area (Å²) in [4.78, 5) is 0. The molecule has 2 heteroatoms. The number of thioether (sulfide) groups is 1. The summed E-state index contributed by atoms with van der Waals surface area (Å²) < 4.78 is 0. The predicted molar refractivity (Wildman–Crippen MR) is 58.9 cm³/mol. The fourth-order valence-electron chi connectivity index (χ4n) is 1.65. The van der Waals surface area contributed by atoms with Crippen molar-refractivity contribution in [1.29, 1.82) is 0 Å². The summed E-state index contributed by atoms with van der Waals surface area (Å²) in [6.07, 6.45) is 1.22. The van der Waals surface area contributed by atoms with Gasteiger partial charge in [-0.25, -0.2) is 0 Å². The van der Waals surface area contributed by atoms with E-state index in [-0.39, 0.29) is 0 Å². The summed E-state index contributed by atoms with van der Waals surface area (Å²) in [6.45, 7) is 2.23. The van der Waals surface area contributed by atoms with E-state index in [1.807, 2.05) is 11.8 Å². The van der Waals surface area contributed by atoms with E-state index in [4.69, 9.17) is 0 Å². The van der Waals surface area contributed by atoms with E-state index >= 15 is 0 Å². The largest absolute Gasteiger partial charge is 0.298 e. The molecule has 0 saturated carbocycles. The topological polar surface area (TPSA) is 12.0 Å². The van der Waals surface area contributed by atoms with E-state index in [0.717, 1.165) is 0 Å². The Morgan fingerprint density at radius 1 is 1.38 bits per heavy atom. The summed E-state index contributed by atoms with van der Waals surface area (Å²) in [5.41, 5.74) is 1.42. The second-order valence-electron chi connectivity index (χ2n) is 3.36. The van der Waals surface area contributed by atoms with Crippen molar-refractivity contribution in [2.45, 2.75) is 24.8 Å². The summed E-state index contributed by atoms with van der Waals surface area (Å²) in [5.74, 6) is 1.21. The lowest BCUT2D eigenvalue weighted by molar-refractivity contribution is 0.579. The quantitative estimate of drug-likeness (QED) is 0.775. The van der Waals surface area contributed by atoms with Gasteiger partial charge in [-0.1, -0.05) is 37.3 Å². The molecule has 1 N–H and O–H groups in total. The summed E-state index contributed by atoms with van der Waals surface area (Å²) >= 11 is 2.03. The van der Waals surface area contributed by atoms with Gasteiger partial charge in [-0.3, -0.25) is 5.32 Å². The van der Waals surface area contributed by atoms with Gasteiger partial charge in [0.05, 0.1) is 5.37 Å². The van der Waals surface area contributed by atoms with Crippen molar-refractivity contribution >= 4 is 11.8 Å². The summed E-state index contributed by atoms with van der Waals surface area (Å²) in [6, 6.07) is 11.3. The first kappa shape index (κ1) is 9.10. The second kappa shape index (κ2) is 4.16. The number of hydrogen-bond acceptors (Lipinski definition) is 2. The molecule has 0 aromatic heterocycles. The zero-order valence-electron chi connectivity index (χ0n) is 7.86. The van der Waals surface area contributed by atoms with Crippen molar-refractivity contribution in [1.82, 2.24) is 5.32 Å². The maximum absolute atomic E-state index is 3.62. The Kier molecular flexibility index (Phi) is 2.91. The van der Waals surface area contributed by atoms with Gasteiger partial charge in [0, 0.05) is 11.8 Å². The minimum absolute atomic E-state index is 0.566. The molecule has 0 aliphatic carbocycles. The first-order valence-corrected chi connectivity index (χ1v) is 5.87. The molecule has 1 nitrogen and oxygen atoms in total. The van der Waals surface area contributed by atoms with Gasteiger partial charge in [0.1, 0.15) is 0 Å². The van der Waals surface area contributed by atoms with E-state index in [9.17, 15) is 0 Å². The molecule has 0 radical (unpaired) electrons. The Morgan fingerprint density at radius 2 is 2.15 bits per heavy atom. The highest BCUT2D eigenvalue weighted by Gasteiger charge is 2.23. The maximum Gasteiger partial charge on any atom is 0.0535 e. The third-order valence-corrected chi connectivity index (χ3v) is 3.82. The minimum atomic E-state index is 0.566. The number of rotatable bonds is 2. The van der Waals surface area contributed by atoms with Crippen molar-refractivity contribution in [2.24, 2.45) is 0 Å². The van der Waals surface area contributed by atoms with Gasteiger partial charge in [0.2, 0.25) is 0 Å². The first-order valence-electron chi connectivity index (χ1n) is 4.82. The third-order valence-electron chi connectivity index (χ3n) is 2.42. The van der Waals surface area contributed by atoms with Crippen molar-refractivity contribution in [3.63, 3.8) is 0 Å². The smallest absolute Gasteiger partial charge is 0.0535 e. The van der Waals surface area contributed by atoms with Crippen LogP contribution >= 0.6 is 11.8 Å². The number of benzene rings is 1. The van der Waals surface area contributed by atoms with Gasteiger partial charge in [-0.05, 0) is 12.0 Å². The average molecular weight is 193 g/mol. The first-order chi connectivity index (χ1) is 6.40. The van der Waals surface area contributed by atoms with E-state index in [0.29, 0.717) is 11.4 Å². The Morgan fingerprint density at radius 3 is 2.77 bits per heavy atom. The van der Waals surface area contributed by atoms with Crippen molar-refractivity contribution in [2.75, 3.05) is 5.75 Å². The fourth-order valence-corrected chi connectivity index (χ4v) is 2.86. The molecular formula is C11H15NS. The van der Waals surface area contributed by atoms with Crippen LogP contribution in [0.2, 0.25) is 0 Å². The van der Waals surface area contributed by atoms with E-state index < -0.39 is 0 Å². The molecule has 0 amide bonds. The molecule has 0 unspecified atom stereocenters. The standard InChI is InChI=1S/C11H15NS/c1-2-11-12-10(8-13-11)9-6-4-3-5-7-9/h3-7,10-12H,2,8H2,1H3/t10-,11+/m0/s1. The van der Waals surface area contributed by atoms with Crippen LogP contribution in [0.4, 0.5) is 0 Å². The molecule has 1 saturated heterocycles. The van der Waals surface area contributed by atoms with Crippen LogP contribution in [0.15, 0.2) is 30.3 Å². The van der Waals surface area contributed by atoms with Crippen LogP contribution in [-0.2, 0) is 0 Å². The molecule has 0 bridgehead atoms. The van der Waals surface area contributed by atoms with Crippen molar-refractivity contribution in [3.8, 4) is 0 Å². The zero-order chi connectivity index (χ0) is 9.10. The fraction of sp³-hybridized carbons (Fsp3) is 0.455. The Balaban J connectivity index is 2.04. The molecule has 1 aliphatic rings. The molecule has 1 aromatic carbocycles. The lowest BCUT2D eigenvalue weighted by Crippen LogP contribution is -2.22. The molecule has 13 heavy (non-hydrogen) atoms. The summed E-state index contributed by atoms with van der Waals surface area (Å²) in [5, 5.41) is 4.28. The average Bonchev–Trinajstić information content (AvgIpc) is 2.67. The minimum Gasteiger partial charge on any atom is -0.298 e. The van der Waals surface area contributed by atoms with Crippen LogP contribution in [-0.4, -0.2) is 11.1 Å². The molecular weight excluding hydrogens is 178 g/mol. The van der Waals surface area contributed by atoms with Crippen molar-refractivity contribution in [3.05, 3.63) is 35.9 Å². The van der Waals surface area contributed by atoms with Crippen LogP contribution in [0.1, 0.15) is 24.9 Å². The molecule has 1 fully saturated rings. The lowest BCUT2D eigenvalue weighted by atomic mass is 10.1. The molecule has 1 aliphatic heterocycles. The molecule has 2 atom stereocenters. The molecule has 2 rings (SSSR count). The van der Waals surface area contributed by atoms with E-state index in [1.165, 1.54) is 17.7 Å². The molecule has 70 valence electrons. The van der Waals surface area contributed by atoms with Crippen LogP contribution in [0.5, 0.6) is 0 Å². The summed E-state index contributed by atoms with van der Waals surface area (Å²) in [7, 11) is 0. The third kappa shape index (κ3) is 2.06. The Labute approximate surface area is 83.9 Å². The molecule has 1 heterocycles. The van der Waals surface area contributed by atoms with Gasteiger partial charge in [0.15, 0.2) is 0 Å². The highest BCUT2D eigenvalue weighted by Crippen LogP contribution is 2.30. The maximum atomic E-state index is 3.62. The SMILES string of the molecule is CC[C@@H]1N[C@H](c2ccccc2)CS1. The van der Waals surface area contributed by atoms with Crippen LogP contribution in [0.25, 0.3) is 0 Å². The normalized spacial score (nSPS) is 27.8. The van der Waals surface area contributed by atoms with Crippen molar-refractivity contribution < 1.29 is 0 Å². The molecule has 1 aromatic rings. The highest BCUT2D eigenvalue weighted by molar-refractivity contribution is 8.00. The van der Waals surface area contributed by atoms with Crippen LogP contribution in [0.3, 0.4) is 0 Å². The van der Waals surface area contributed by atoms with Crippen LogP contribution < -0.4 is 5.32 Å². The van der Waals surface area contributed by atoms with Gasteiger partial charge >= 0.3 is 0 Å². The van der Waals surface area contributed by atoms with Gasteiger partial charge in [0.25, 0.3) is 0 Å². The van der Waals surface area contributed by atoms with Gasteiger partial charge < -0.3 is 0 Å². The number of hydrogen-bond donors (Lipinski definition) is 1. The van der Waals surface area contributed by atoms with Gasteiger partial charge in [-0.2, -0.15) is 0 Å². The monoisotopic (exact) mass is 193 g/mol. The second-order valence-corrected chi connectivity index (χ2v) is 4.60. The van der Waals surface area contributed by atoms with E-state index in [1.54, 1.807) is 0 Å². The van der Waals surface area contributed by atoms with Crippen LogP contribution in [0, 0.1) is 0 Å². The Bertz CT molecular complexity index is 260. The Hall–Kier alpha value is -0.470. The van der Waals surface area contributed by atoms with Gasteiger partial charge in [-0.15, -0.1) is 11.8 Å². The predicted octanol–water partition coefficient (Wildman–Crippen LogP) is 2.80.